The van der Waals surface area contributed by atoms with Gasteiger partial charge >= 0.3 is 0 Å². The van der Waals surface area contributed by atoms with Crippen molar-refractivity contribution < 1.29 is 4.79 Å². The minimum atomic E-state index is 0.302. The van der Waals surface area contributed by atoms with Gasteiger partial charge in [0.25, 0.3) is 0 Å². The van der Waals surface area contributed by atoms with E-state index in [4.69, 9.17) is 0 Å². The number of carbonyl (C=O) groups is 1. The van der Waals surface area contributed by atoms with E-state index in [0.29, 0.717) is 29.7 Å². The molecule has 2 aromatic heterocycles. The molecule has 2 aliphatic heterocycles. The number of fused-ring (bicyclic) bond motifs is 1. The molecule has 0 bridgehead atoms. The van der Waals surface area contributed by atoms with Crippen LogP contribution in [0.3, 0.4) is 0 Å². The predicted molar refractivity (Wildman–Crippen MR) is 112 cm³/mol. The summed E-state index contributed by atoms with van der Waals surface area (Å²) in [6.45, 7) is 4.24. The SMILES string of the molecule is O=C(C1CCCC1)N1C[C@H](c2ccsc2)[C@H]2CN(Cc3cccs3)CC[C@H]21. The maximum atomic E-state index is 13.3. The summed E-state index contributed by atoms with van der Waals surface area (Å²) in [7, 11) is 0. The third kappa shape index (κ3) is 3.50. The summed E-state index contributed by atoms with van der Waals surface area (Å²) >= 11 is 3.65. The largest absolute Gasteiger partial charge is 0.338 e. The van der Waals surface area contributed by atoms with Crippen molar-refractivity contribution in [2.75, 3.05) is 19.6 Å². The van der Waals surface area contributed by atoms with Crippen molar-refractivity contribution in [1.29, 1.82) is 0 Å². The Morgan fingerprint density at radius 3 is 2.74 bits per heavy atom. The highest BCUT2D eigenvalue weighted by molar-refractivity contribution is 7.09. The Hall–Kier alpha value is -1.17. The van der Waals surface area contributed by atoms with Crippen molar-refractivity contribution in [3.05, 3.63) is 44.8 Å². The van der Waals surface area contributed by atoms with Crippen LogP contribution in [0, 0.1) is 11.8 Å². The van der Waals surface area contributed by atoms with E-state index in [9.17, 15) is 4.79 Å². The highest BCUT2D eigenvalue weighted by Gasteiger charge is 2.48. The van der Waals surface area contributed by atoms with Gasteiger partial charge in [0.2, 0.25) is 5.91 Å². The van der Waals surface area contributed by atoms with Gasteiger partial charge in [0.15, 0.2) is 0 Å². The maximum absolute atomic E-state index is 13.3. The molecule has 144 valence electrons. The zero-order chi connectivity index (χ0) is 18.2. The number of amides is 1. The van der Waals surface area contributed by atoms with Gasteiger partial charge in [0.1, 0.15) is 0 Å². The van der Waals surface area contributed by atoms with E-state index in [1.165, 1.54) is 23.3 Å². The van der Waals surface area contributed by atoms with E-state index in [1.807, 2.05) is 11.3 Å². The van der Waals surface area contributed by atoms with Crippen molar-refractivity contribution in [3.63, 3.8) is 0 Å². The molecule has 1 aliphatic carbocycles. The van der Waals surface area contributed by atoms with Gasteiger partial charge in [0, 0.05) is 54.9 Å². The summed E-state index contributed by atoms with van der Waals surface area (Å²) in [5.41, 5.74) is 1.45. The molecule has 2 aromatic rings. The van der Waals surface area contributed by atoms with Gasteiger partial charge < -0.3 is 4.90 Å². The molecule has 3 atom stereocenters. The van der Waals surface area contributed by atoms with Crippen molar-refractivity contribution in [2.45, 2.75) is 50.6 Å². The molecule has 4 heterocycles. The predicted octanol–water partition coefficient (Wildman–Crippen LogP) is 4.82. The summed E-state index contributed by atoms with van der Waals surface area (Å²) < 4.78 is 0. The molecule has 1 amide bonds. The molecule has 1 saturated carbocycles. The lowest BCUT2D eigenvalue weighted by molar-refractivity contribution is -0.137. The van der Waals surface area contributed by atoms with Crippen LogP contribution in [0.25, 0.3) is 0 Å². The first-order valence-electron chi connectivity index (χ1n) is 10.4. The van der Waals surface area contributed by atoms with Gasteiger partial charge in [-0.05, 0) is 53.1 Å². The number of carbonyl (C=O) groups excluding carboxylic acids is 1. The van der Waals surface area contributed by atoms with Crippen LogP contribution in [0.2, 0.25) is 0 Å². The average Bonchev–Trinajstić information content (AvgIpc) is 3.47. The first kappa shape index (κ1) is 17.9. The molecule has 0 N–H and O–H groups in total. The first-order chi connectivity index (χ1) is 13.3. The number of hydrogen-bond acceptors (Lipinski definition) is 4. The second kappa shape index (κ2) is 7.69. The average molecular weight is 401 g/mol. The first-order valence-corrected chi connectivity index (χ1v) is 12.2. The molecule has 0 aromatic carbocycles. The molecule has 3 fully saturated rings. The summed E-state index contributed by atoms with van der Waals surface area (Å²) in [6, 6.07) is 7.13. The van der Waals surface area contributed by atoms with Gasteiger partial charge in [-0.15, -0.1) is 11.3 Å². The minimum Gasteiger partial charge on any atom is -0.338 e. The quantitative estimate of drug-likeness (QED) is 0.735. The van der Waals surface area contributed by atoms with Crippen molar-refractivity contribution in [3.8, 4) is 0 Å². The van der Waals surface area contributed by atoms with Crippen LogP contribution in [0.4, 0.5) is 0 Å². The van der Waals surface area contributed by atoms with Gasteiger partial charge in [-0.25, -0.2) is 0 Å². The fraction of sp³-hybridized carbons (Fsp3) is 0.591. The molecule has 0 spiro atoms. The zero-order valence-corrected chi connectivity index (χ0v) is 17.4. The molecule has 5 rings (SSSR count). The van der Waals surface area contributed by atoms with E-state index in [-0.39, 0.29) is 0 Å². The number of rotatable bonds is 4. The van der Waals surface area contributed by atoms with Crippen molar-refractivity contribution in [2.24, 2.45) is 11.8 Å². The lowest BCUT2D eigenvalue weighted by Crippen LogP contribution is -2.48. The van der Waals surface area contributed by atoms with Crippen molar-refractivity contribution in [1.82, 2.24) is 9.80 Å². The molecule has 0 unspecified atom stereocenters. The van der Waals surface area contributed by atoms with Crippen LogP contribution in [-0.2, 0) is 11.3 Å². The Morgan fingerprint density at radius 1 is 1.11 bits per heavy atom. The summed E-state index contributed by atoms with van der Waals surface area (Å²) in [6.07, 6.45) is 5.83. The van der Waals surface area contributed by atoms with Crippen LogP contribution in [0.5, 0.6) is 0 Å². The third-order valence-electron chi connectivity index (χ3n) is 6.93. The van der Waals surface area contributed by atoms with Crippen LogP contribution in [-0.4, -0.2) is 41.4 Å². The van der Waals surface area contributed by atoms with Gasteiger partial charge in [-0.1, -0.05) is 18.9 Å². The highest BCUT2D eigenvalue weighted by Crippen LogP contribution is 2.44. The number of piperidine rings is 1. The standard InChI is InChI=1S/C22H28N2OS2/c25-22(16-4-1-2-5-16)24-14-19(17-8-11-26-15-17)20-13-23(9-7-21(20)24)12-18-6-3-10-27-18/h3,6,8,10-11,15-16,19-21H,1-2,4-5,7,9,12-14H2/t19-,20-,21-/m1/s1. The van der Waals surface area contributed by atoms with Gasteiger partial charge in [-0.2, -0.15) is 11.3 Å². The van der Waals surface area contributed by atoms with Crippen LogP contribution in [0.1, 0.15) is 48.5 Å². The summed E-state index contributed by atoms with van der Waals surface area (Å²) in [5.74, 6) is 1.86. The third-order valence-corrected chi connectivity index (χ3v) is 8.50. The second-order valence-corrected chi connectivity index (χ2v) is 10.3. The van der Waals surface area contributed by atoms with Crippen LogP contribution in [0.15, 0.2) is 34.3 Å². The Balaban J connectivity index is 1.36. The molecule has 2 saturated heterocycles. The van der Waals surface area contributed by atoms with E-state index in [1.54, 1.807) is 11.3 Å². The van der Waals surface area contributed by atoms with E-state index < -0.39 is 0 Å². The molecule has 5 heteroatoms. The number of nitrogens with zero attached hydrogens (tertiary/aromatic N) is 2. The smallest absolute Gasteiger partial charge is 0.225 e. The van der Waals surface area contributed by atoms with E-state index in [2.05, 4.69) is 44.1 Å². The topological polar surface area (TPSA) is 23.6 Å². The summed E-state index contributed by atoms with van der Waals surface area (Å²) in [4.78, 5) is 19.7. The minimum absolute atomic E-state index is 0.302. The van der Waals surface area contributed by atoms with Crippen molar-refractivity contribution >= 4 is 28.6 Å². The number of likely N-dealkylation sites (tertiary alicyclic amines) is 2. The second-order valence-electron chi connectivity index (χ2n) is 8.47. The zero-order valence-electron chi connectivity index (χ0n) is 15.8. The van der Waals surface area contributed by atoms with Gasteiger partial charge in [-0.3, -0.25) is 9.69 Å². The fourth-order valence-corrected chi connectivity index (χ4v) is 7.04. The Kier molecular flexibility index (Phi) is 5.09. The highest BCUT2D eigenvalue weighted by atomic mass is 32.1. The number of hydrogen-bond donors (Lipinski definition) is 0. The van der Waals surface area contributed by atoms with Crippen LogP contribution >= 0.6 is 22.7 Å². The normalized spacial score (nSPS) is 29.3. The monoisotopic (exact) mass is 400 g/mol. The molecule has 0 radical (unpaired) electrons. The summed E-state index contributed by atoms with van der Waals surface area (Å²) in [5, 5.41) is 6.68. The van der Waals surface area contributed by atoms with E-state index in [0.717, 1.165) is 45.4 Å². The molecular weight excluding hydrogens is 372 g/mol. The Bertz CT molecular complexity index is 751. The lowest BCUT2D eigenvalue weighted by Gasteiger charge is -2.39. The van der Waals surface area contributed by atoms with E-state index >= 15 is 0 Å². The number of thiophene rings is 2. The van der Waals surface area contributed by atoms with Crippen LogP contribution < -0.4 is 0 Å². The fourth-order valence-electron chi connectivity index (χ4n) is 5.57. The van der Waals surface area contributed by atoms with Gasteiger partial charge in [0.05, 0.1) is 0 Å². The molecular formula is C22H28N2OS2. The Morgan fingerprint density at radius 2 is 2.00 bits per heavy atom. The molecule has 3 aliphatic rings. The molecule has 3 nitrogen and oxygen atoms in total. The maximum Gasteiger partial charge on any atom is 0.225 e. The lowest BCUT2D eigenvalue weighted by atomic mass is 9.82. The molecule has 27 heavy (non-hydrogen) atoms. The Labute approximate surface area is 170 Å².